The average Bonchev–Trinajstić information content (AvgIpc) is 2.45. The monoisotopic (exact) mass is 305 g/mol. The Morgan fingerprint density at radius 1 is 1.29 bits per heavy atom. The van der Waals surface area contributed by atoms with Gasteiger partial charge in [-0.05, 0) is 18.9 Å². The lowest BCUT2D eigenvalue weighted by Crippen LogP contribution is -2.34. The molecule has 1 aliphatic rings. The molecule has 0 radical (unpaired) electrons. The van der Waals surface area contributed by atoms with Gasteiger partial charge in [0.15, 0.2) is 0 Å². The van der Waals surface area contributed by atoms with Crippen molar-refractivity contribution in [3.63, 3.8) is 0 Å². The zero-order chi connectivity index (χ0) is 15.3. The molecule has 0 aliphatic carbocycles. The largest absolute Gasteiger partial charge is 0.573 e. The minimum atomic E-state index is -4.72. The van der Waals surface area contributed by atoms with Gasteiger partial charge in [-0.25, -0.2) is 0 Å². The van der Waals surface area contributed by atoms with E-state index in [1.165, 1.54) is 13.2 Å². The highest BCUT2D eigenvalue weighted by Gasteiger charge is 2.32. The lowest BCUT2D eigenvalue weighted by atomic mass is 10.1. The predicted octanol–water partition coefficient (Wildman–Crippen LogP) is 2.86. The minimum absolute atomic E-state index is 0.235. The third-order valence-corrected chi connectivity index (χ3v) is 3.30. The van der Waals surface area contributed by atoms with Gasteiger partial charge in [-0.1, -0.05) is 6.07 Å². The molecule has 1 aliphatic heterocycles. The Hall–Kier alpha value is -1.47. The van der Waals surface area contributed by atoms with E-state index < -0.39 is 6.36 Å². The lowest BCUT2D eigenvalue weighted by Gasteiger charge is -2.24. The molecular weight excluding hydrogens is 287 g/mol. The molecule has 2 rings (SSSR count). The summed E-state index contributed by atoms with van der Waals surface area (Å²) in [6.07, 6.45) is -3.02. The highest BCUT2D eigenvalue weighted by molar-refractivity contribution is 5.40. The molecule has 0 amide bonds. The van der Waals surface area contributed by atoms with Crippen LogP contribution in [-0.2, 0) is 11.3 Å². The van der Waals surface area contributed by atoms with Gasteiger partial charge in [-0.2, -0.15) is 0 Å². The van der Waals surface area contributed by atoms with Crippen LogP contribution in [0.25, 0.3) is 0 Å². The third kappa shape index (κ3) is 5.09. The van der Waals surface area contributed by atoms with Crippen LogP contribution in [0.4, 0.5) is 13.2 Å². The summed E-state index contributed by atoms with van der Waals surface area (Å²) in [6, 6.07) is 4.69. The van der Waals surface area contributed by atoms with E-state index in [0.717, 1.165) is 12.8 Å². The molecule has 1 saturated heterocycles. The molecule has 7 heteroatoms. The first-order chi connectivity index (χ1) is 9.98. The number of rotatable bonds is 5. The van der Waals surface area contributed by atoms with Crippen molar-refractivity contribution in [3.05, 3.63) is 23.8 Å². The smallest absolute Gasteiger partial charge is 0.497 e. The fourth-order valence-electron chi connectivity index (χ4n) is 2.18. The van der Waals surface area contributed by atoms with E-state index in [9.17, 15) is 13.2 Å². The lowest BCUT2D eigenvalue weighted by molar-refractivity contribution is -0.274. The van der Waals surface area contributed by atoms with Crippen LogP contribution in [0.1, 0.15) is 18.4 Å². The highest BCUT2D eigenvalue weighted by Crippen LogP contribution is 2.30. The van der Waals surface area contributed by atoms with E-state index in [1.54, 1.807) is 12.1 Å². The Balaban J connectivity index is 2.05. The summed E-state index contributed by atoms with van der Waals surface area (Å²) < 4.78 is 51.6. The number of benzene rings is 1. The standard InChI is InChI=1S/C14H18F3NO3/c1-19-12-3-2-10(13(8-12)21-14(15,16)17)9-18-11-4-6-20-7-5-11/h2-3,8,11,18H,4-7,9H2,1H3. The number of nitrogens with one attached hydrogen (secondary N) is 1. The van der Waals surface area contributed by atoms with E-state index in [4.69, 9.17) is 9.47 Å². The van der Waals surface area contributed by atoms with Crippen molar-refractivity contribution in [1.29, 1.82) is 0 Å². The predicted molar refractivity (Wildman–Crippen MR) is 70.4 cm³/mol. The third-order valence-electron chi connectivity index (χ3n) is 3.30. The summed E-state index contributed by atoms with van der Waals surface area (Å²) in [4.78, 5) is 0. The molecule has 1 aromatic rings. The van der Waals surface area contributed by atoms with Gasteiger partial charge in [0.1, 0.15) is 11.5 Å². The molecule has 0 aromatic heterocycles. The Morgan fingerprint density at radius 2 is 2.00 bits per heavy atom. The van der Waals surface area contributed by atoms with Crippen molar-refractivity contribution in [2.75, 3.05) is 20.3 Å². The second-order valence-electron chi connectivity index (χ2n) is 4.79. The summed E-state index contributed by atoms with van der Waals surface area (Å²) in [7, 11) is 1.40. The van der Waals surface area contributed by atoms with Gasteiger partial charge in [-0.15, -0.1) is 13.2 Å². The first-order valence-corrected chi connectivity index (χ1v) is 6.72. The van der Waals surface area contributed by atoms with Gasteiger partial charge in [0, 0.05) is 37.4 Å². The normalized spacial score (nSPS) is 16.8. The van der Waals surface area contributed by atoms with Crippen molar-refractivity contribution in [2.45, 2.75) is 31.8 Å². The van der Waals surface area contributed by atoms with E-state index in [0.29, 0.717) is 31.1 Å². The average molecular weight is 305 g/mol. The summed E-state index contributed by atoms with van der Waals surface area (Å²) in [5.41, 5.74) is 0.444. The zero-order valence-electron chi connectivity index (χ0n) is 11.7. The fraction of sp³-hybridized carbons (Fsp3) is 0.571. The maximum Gasteiger partial charge on any atom is 0.573 e. The second-order valence-corrected chi connectivity index (χ2v) is 4.79. The molecule has 4 nitrogen and oxygen atoms in total. The van der Waals surface area contributed by atoms with Crippen molar-refractivity contribution in [2.24, 2.45) is 0 Å². The summed E-state index contributed by atoms with van der Waals surface area (Å²) in [5.74, 6) is 0.0884. The van der Waals surface area contributed by atoms with Gasteiger partial charge in [0.2, 0.25) is 0 Å². The Labute approximate surface area is 121 Å². The molecule has 1 heterocycles. The molecule has 0 unspecified atom stereocenters. The van der Waals surface area contributed by atoms with E-state index in [-0.39, 0.29) is 11.8 Å². The molecule has 0 spiro atoms. The van der Waals surface area contributed by atoms with Gasteiger partial charge in [0.25, 0.3) is 0 Å². The number of hydrogen-bond acceptors (Lipinski definition) is 4. The number of methoxy groups -OCH3 is 1. The van der Waals surface area contributed by atoms with Crippen molar-refractivity contribution in [3.8, 4) is 11.5 Å². The molecule has 1 aromatic carbocycles. The molecule has 0 bridgehead atoms. The van der Waals surface area contributed by atoms with Gasteiger partial charge < -0.3 is 19.5 Å². The maximum atomic E-state index is 12.5. The summed E-state index contributed by atoms with van der Waals surface area (Å²) in [5, 5.41) is 3.23. The Kier molecular flexibility index (Phi) is 5.30. The molecule has 21 heavy (non-hydrogen) atoms. The van der Waals surface area contributed by atoms with Crippen molar-refractivity contribution < 1.29 is 27.4 Å². The van der Waals surface area contributed by atoms with E-state index >= 15 is 0 Å². The number of alkyl halides is 3. The van der Waals surface area contributed by atoms with Crippen molar-refractivity contribution in [1.82, 2.24) is 5.32 Å². The van der Waals surface area contributed by atoms with Crippen LogP contribution in [0.5, 0.6) is 11.5 Å². The van der Waals surface area contributed by atoms with Gasteiger partial charge >= 0.3 is 6.36 Å². The number of halogens is 3. The Bertz CT molecular complexity index is 459. The summed E-state index contributed by atoms with van der Waals surface area (Å²) in [6.45, 7) is 1.65. The first-order valence-electron chi connectivity index (χ1n) is 6.72. The molecule has 1 N–H and O–H groups in total. The first kappa shape index (κ1) is 15.9. The topological polar surface area (TPSA) is 39.7 Å². The van der Waals surface area contributed by atoms with Crippen LogP contribution in [0.15, 0.2) is 18.2 Å². The molecular formula is C14H18F3NO3. The second kappa shape index (κ2) is 7.00. The van der Waals surface area contributed by atoms with Gasteiger partial charge in [-0.3, -0.25) is 0 Å². The molecule has 0 saturated carbocycles. The van der Waals surface area contributed by atoms with Crippen LogP contribution in [-0.4, -0.2) is 32.7 Å². The van der Waals surface area contributed by atoms with Crippen LogP contribution in [0.2, 0.25) is 0 Å². The van der Waals surface area contributed by atoms with Crippen LogP contribution < -0.4 is 14.8 Å². The minimum Gasteiger partial charge on any atom is -0.497 e. The zero-order valence-corrected chi connectivity index (χ0v) is 11.7. The summed E-state index contributed by atoms with van der Waals surface area (Å²) >= 11 is 0. The van der Waals surface area contributed by atoms with E-state index in [2.05, 4.69) is 10.1 Å². The Morgan fingerprint density at radius 3 is 2.62 bits per heavy atom. The number of hydrogen-bond donors (Lipinski definition) is 1. The quantitative estimate of drug-likeness (QED) is 0.908. The molecule has 0 atom stereocenters. The van der Waals surface area contributed by atoms with Gasteiger partial charge in [0.05, 0.1) is 7.11 Å². The maximum absolute atomic E-state index is 12.5. The van der Waals surface area contributed by atoms with Crippen molar-refractivity contribution >= 4 is 0 Å². The number of ether oxygens (including phenoxy) is 3. The van der Waals surface area contributed by atoms with Crippen LogP contribution in [0.3, 0.4) is 0 Å². The molecule has 1 fully saturated rings. The fourth-order valence-corrected chi connectivity index (χ4v) is 2.18. The van der Waals surface area contributed by atoms with Crippen LogP contribution >= 0.6 is 0 Å². The molecule has 118 valence electrons. The van der Waals surface area contributed by atoms with Crippen LogP contribution in [0, 0.1) is 0 Å². The SMILES string of the molecule is COc1ccc(CNC2CCOCC2)c(OC(F)(F)F)c1. The highest BCUT2D eigenvalue weighted by atomic mass is 19.4. The van der Waals surface area contributed by atoms with E-state index in [1.807, 2.05) is 0 Å².